The zero-order chi connectivity index (χ0) is 11.1. The van der Waals surface area contributed by atoms with Crippen molar-refractivity contribution in [3.8, 4) is 0 Å². The van der Waals surface area contributed by atoms with Crippen molar-refractivity contribution >= 4 is 0 Å². The molecule has 0 fully saturated rings. The lowest BCUT2D eigenvalue weighted by Gasteiger charge is -2.15. The maximum Gasteiger partial charge on any atom is 0.0615 e. The summed E-state index contributed by atoms with van der Waals surface area (Å²) in [7, 11) is 1.73. The molecule has 84 valence electrons. The lowest BCUT2D eigenvalue weighted by molar-refractivity contribution is 0.164. The van der Waals surface area contributed by atoms with Crippen LogP contribution in [0.3, 0.4) is 0 Å². The van der Waals surface area contributed by atoms with E-state index in [9.17, 15) is 0 Å². The van der Waals surface area contributed by atoms with Gasteiger partial charge >= 0.3 is 0 Å². The third kappa shape index (κ3) is 4.40. The first-order valence-electron chi connectivity index (χ1n) is 5.39. The van der Waals surface area contributed by atoms with Crippen LogP contribution in [-0.4, -0.2) is 24.7 Å². The summed E-state index contributed by atoms with van der Waals surface area (Å²) in [6.45, 7) is 5.83. The molecule has 1 heterocycles. The Morgan fingerprint density at radius 3 is 2.87 bits per heavy atom. The summed E-state index contributed by atoms with van der Waals surface area (Å²) in [5, 5.41) is 3.45. The van der Waals surface area contributed by atoms with Gasteiger partial charge < -0.3 is 10.1 Å². The highest BCUT2D eigenvalue weighted by molar-refractivity contribution is 5.16. The zero-order valence-corrected chi connectivity index (χ0v) is 9.79. The number of hydrogen-bond acceptors (Lipinski definition) is 3. The fourth-order valence-corrected chi connectivity index (χ4v) is 1.50. The average Bonchev–Trinajstić information content (AvgIpc) is 2.24. The number of ether oxygens (including phenoxy) is 1. The number of aryl methyl sites for hydroxylation is 1. The van der Waals surface area contributed by atoms with Crippen molar-refractivity contribution in [1.82, 2.24) is 10.3 Å². The number of pyridine rings is 1. The summed E-state index contributed by atoms with van der Waals surface area (Å²) in [5.74, 6) is 0. The van der Waals surface area contributed by atoms with Crippen LogP contribution in [0.25, 0.3) is 0 Å². The van der Waals surface area contributed by atoms with Crippen molar-refractivity contribution in [3.05, 3.63) is 29.6 Å². The van der Waals surface area contributed by atoms with E-state index in [4.69, 9.17) is 4.74 Å². The topological polar surface area (TPSA) is 34.1 Å². The molecule has 1 unspecified atom stereocenters. The lowest BCUT2D eigenvalue weighted by Crippen LogP contribution is -2.32. The smallest absolute Gasteiger partial charge is 0.0615 e. The maximum absolute atomic E-state index is 5.13. The molecule has 0 aromatic carbocycles. The van der Waals surface area contributed by atoms with Crippen LogP contribution in [0, 0.1) is 6.92 Å². The van der Waals surface area contributed by atoms with Gasteiger partial charge in [-0.2, -0.15) is 0 Å². The lowest BCUT2D eigenvalue weighted by atomic mass is 10.2. The Morgan fingerprint density at radius 2 is 2.27 bits per heavy atom. The molecule has 0 aliphatic heterocycles. The minimum atomic E-state index is 0.426. The molecule has 1 atom stereocenters. The Bertz CT molecular complexity index is 289. The molecule has 0 spiro atoms. The van der Waals surface area contributed by atoms with Crippen molar-refractivity contribution in [1.29, 1.82) is 0 Å². The number of nitrogens with zero attached hydrogens (tertiary/aromatic N) is 1. The summed E-state index contributed by atoms with van der Waals surface area (Å²) in [5.41, 5.74) is 2.43. The van der Waals surface area contributed by atoms with Gasteiger partial charge in [-0.05, 0) is 24.5 Å². The van der Waals surface area contributed by atoms with Crippen LogP contribution in [0.1, 0.15) is 24.5 Å². The molecule has 15 heavy (non-hydrogen) atoms. The second-order valence-electron chi connectivity index (χ2n) is 3.81. The number of rotatable bonds is 6. The van der Waals surface area contributed by atoms with Gasteiger partial charge in [0, 0.05) is 32.1 Å². The fourth-order valence-electron chi connectivity index (χ4n) is 1.50. The van der Waals surface area contributed by atoms with Crippen LogP contribution in [0.15, 0.2) is 18.5 Å². The molecule has 0 aliphatic carbocycles. The van der Waals surface area contributed by atoms with E-state index in [1.807, 2.05) is 12.4 Å². The van der Waals surface area contributed by atoms with Crippen molar-refractivity contribution in [2.45, 2.75) is 32.9 Å². The molecule has 0 bridgehead atoms. The number of aromatic nitrogens is 1. The molecule has 1 rings (SSSR count). The van der Waals surface area contributed by atoms with Crippen LogP contribution in [0.5, 0.6) is 0 Å². The van der Waals surface area contributed by atoms with E-state index < -0.39 is 0 Å². The van der Waals surface area contributed by atoms with E-state index in [1.165, 1.54) is 11.1 Å². The minimum Gasteiger partial charge on any atom is -0.383 e. The van der Waals surface area contributed by atoms with E-state index >= 15 is 0 Å². The molecular formula is C12H20N2O. The van der Waals surface area contributed by atoms with Gasteiger partial charge in [-0.3, -0.25) is 4.98 Å². The highest BCUT2D eigenvalue weighted by atomic mass is 16.5. The molecular weight excluding hydrogens is 188 g/mol. The van der Waals surface area contributed by atoms with Crippen LogP contribution in [0.4, 0.5) is 0 Å². The largest absolute Gasteiger partial charge is 0.383 e. The van der Waals surface area contributed by atoms with Crippen LogP contribution in [0.2, 0.25) is 0 Å². The molecule has 3 heteroatoms. The zero-order valence-electron chi connectivity index (χ0n) is 9.79. The first kappa shape index (κ1) is 12.1. The number of nitrogens with one attached hydrogen (secondary N) is 1. The standard InChI is InChI=1S/C12H20N2O/c1-4-12(9-15-3)14-8-11-5-10(2)6-13-7-11/h5-7,12,14H,4,8-9H2,1-3H3. The van der Waals surface area contributed by atoms with E-state index in [-0.39, 0.29) is 0 Å². The summed E-state index contributed by atoms with van der Waals surface area (Å²) in [6, 6.07) is 2.58. The van der Waals surface area contributed by atoms with E-state index in [0.717, 1.165) is 19.6 Å². The summed E-state index contributed by atoms with van der Waals surface area (Å²) in [6.07, 6.45) is 4.85. The third-order valence-corrected chi connectivity index (χ3v) is 2.39. The van der Waals surface area contributed by atoms with Gasteiger partial charge in [-0.15, -0.1) is 0 Å². The molecule has 0 radical (unpaired) electrons. The molecule has 1 N–H and O–H groups in total. The van der Waals surface area contributed by atoms with Crippen LogP contribution >= 0.6 is 0 Å². The highest BCUT2D eigenvalue weighted by Crippen LogP contribution is 2.02. The van der Waals surface area contributed by atoms with Gasteiger partial charge in [-0.1, -0.05) is 13.0 Å². The number of methoxy groups -OCH3 is 1. The van der Waals surface area contributed by atoms with Crippen LogP contribution in [-0.2, 0) is 11.3 Å². The second-order valence-corrected chi connectivity index (χ2v) is 3.81. The molecule has 0 aliphatic rings. The van der Waals surface area contributed by atoms with Gasteiger partial charge in [0.05, 0.1) is 6.61 Å². The van der Waals surface area contributed by atoms with Gasteiger partial charge in [0.1, 0.15) is 0 Å². The SMILES string of the molecule is CCC(COC)NCc1cncc(C)c1. The number of hydrogen-bond donors (Lipinski definition) is 1. The molecule has 0 saturated heterocycles. The summed E-state index contributed by atoms with van der Waals surface area (Å²) in [4.78, 5) is 4.16. The minimum absolute atomic E-state index is 0.426. The Hall–Kier alpha value is -0.930. The van der Waals surface area contributed by atoms with Gasteiger partial charge in [0.25, 0.3) is 0 Å². The Morgan fingerprint density at radius 1 is 1.47 bits per heavy atom. The molecule has 1 aromatic heterocycles. The van der Waals surface area contributed by atoms with Gasteiger partial charge in [-0.25, -0.2) is 0 Å². The third-order valence-electron chi connectivity index (χ3n) is 2.39. The van der Waals surface area contributed by atoms with E-state index in [1.54, 1.807) is 7.11 Å². The first-order valence-corrected chi connectivity index (χ1v) is 5.39. The van der Waals surface area contributed by atoms with Crippen LogP contribution < -0.4 is 5.32 Å². The Labute approximate surface area is 91.9 Å². The summed E-state index contributed by atoms with van der Waals surface area (Å²) < 4.78 is 5.13. The van der Waals surface area contributed by atoms with Gasteiger partial charge in [0.15, 0.2) is 0 Å². The first-order chi connectivity index (χ1) is 7.26. The quantitative estimate of drug-likeness (QED) is 0.775. The Kier molecular flexibility index (Phi) is 5.29. The predicted molar refractivity (Wildman–Crippen MR) is 61.8 cm³/mol. The van der Waals surface area contributed by atoms with E-state index in [0.29, 0.717) is 6.04 Å². The second kappa shape index (κ2) is 6.53. The molecule has 0 saturated carbocycles. The highest BCUT2D eigenvalue weighted by Gasteiger charge is 2.04. The molecule has 1 aromatic rings. The average molecular weight is 208 g/mol. The van der Waals surface area contributed by atoms with Crippen molar-refractivity contribution in [3.63, 3.8) is 0 Å². The molecule has 3 nitrogen and oxygen atoms in total. The summed E-state index contributed by atoms with van der Waals surface area (Å²) >= 11 is 0. The molecule has 0 amide bonds. The van der Waals surface area contributed by atoms with Gasteiger partial charge in [0.2, 0.25) is 0 Å². The maximum atomic E-state index is 5.13. The van der Waals surface area contributed by atoms with Crippen molar-refractivity contribution in [2.75, 3.05) is 13.7 Å². The normalized spacial score (nSPS) is 12.7. The van der Waals surface area contributed by atoms with Crippen molar-refractivity contribution < 1.29 is 4.74 Å². The monoisotopic (exact) mass is 208 g/mol. The predicted octanol–water partition coefficient (Wildman–Crippen LogP) is 1.90. The van der Waals surface area contributed by atoms with Crippen molar-refractivity contribution in [2.24, 2.45) is 0 Å². The fraction of sp³-hybridized carbons (Fsp3) is 0.583. The Balaban J connectivity index is 2.41. The van der Waals surface area contributed by atoms with E-state index in [2.05, 4.69) is 30.2 Å².